The molecular weight excluding hydrogens is 284 g/mol. The maximum Gasteiger partial charge on any atom is 0.238 e. The Morgan fingerprint density at radius 2 is 2.10 bits per heavy atom. The topological polar surface area (TPSA) is 50.4 Å². The first kappa shape index (κ1) is 16.2. The monoisotopic (exact) mass is 308 g/mol. The van der Waals surface area contributed by atoms with E-state index in [1.165, 1.54) is 0 Å². The Kier molecular flexibility index (Phi) is 5.94. The Morgan fingerprint density at radius 1 is 1.38 bits per heavy atom. The van der Waals surface area contributed by atoms with Gasteiger partial charge in [-0.25, -0.2) is 0 Å². The van der Waals surface area contributed by atoms with Crippen LogP contribution in [0.15, 0.2) is 24.3 Å². The zero-order valence-electron chi connectivity index (χ0n) is 12.9. The summed E-state index contributed by atoms with van der Waals surface area (Å²) in [5, 5.41) is 6.23. The van der Waals surface area contributed by atoms with E-state index in [1.54, 1.807) is 11.8 Å². The quantitative estimate of drug-likeness (QED) is 0.848. The van der Waals surface area contributed by atoms with Crippen LogP contribution in [0.25, 0.3) is 0 Å². The number of thioether (sulfide) groups is 1. The largest absolute Gasteiger partial charge is 0.493 e. The zero-order chi connectivity index (χ0) is 15.2. The average molecular weight is 308 g/mol. The number of hydrogen-bond donors (Lipinski definition) is 2. The number of benzene rings is 1. The molecule has 1 fully saturated rings. The third-order valence-electron chi connectivity index (χ3n) is 3.36. The van der Waals surface area contributed by atoms with Crippen LogP contribution in [0.2, 0.25) is 0 Å². The van der Waals surface area contributed by atoms with Gasteiger partial charge in [0.1, 0.15) is 5.75 Å². The summed E-state index contributed by atoms with van der Waals surface area (Å²) in [4.78, 5) is 12.1. The highest BCUT2D eigenvalue weighted by Gasteiger charge is 2.23. The van der Waals surface area contributed by atoms with Crippen LogP contribution in [-0.2, 0) is 4.79 Å². The fourth-order valence-electron chi connectivity index (χ4n) is 2.08. The lowest BCUT2D eigenvalue weighted by molar-refractivity contribution is -0.123. The predicted octanol–water partition coefficient (Wildman–Crippen LogP) is 2.56. The van der Waals surface area contributed by atoms with Gasteiger partial charge in [-0.2, -0.15) is 0 Å². The van der Waals surface area contributed by atoms with Crippen molar-refractivity contribution in [1.29, 1.82) is 0 Å². The summed E-state index contributed by atoms with van der Waals surface area (Å²) in [6, 6.07) is 7.89. The first-order valence-electron chi connectivity index (χ1n) is 7.40. The Bertz CT molecular complexity index is 456. The Balaban J connectivity index is 1.87. The molecule has 0 aliphatic carbocycles. The van der Waals surface area contributed by atoms with Crippen molar-refractivity contribution in [2.24, 2.45) is 5.92 Å². The standard InChI is InChI=1S/C16H24N2O2S/c1-11(2)8-20-14-6-4-13(5-7-14)12(3)18-16(19)15-9-21-10-17-15/h4-7,11-12,15,17H,8-10H2,1-3H3,(H,18,19)/t12-,15-/m1/s1. The molecule has 1 aromatic rings. The molecule has 1 aliphatic rings. The molecule has 116 valence electrons. The highest BCUT2D eigenvalue weighted by Crippen LogP contribution is 2.19. The van der Waals surface area contributed by atoms with E-state index >= 15 is 0 Å². The zero-order valence-corrected chi connectivity index (χ0v) is 13.7. The van der Waals surface area contributed by atoms with E-state index in [-0.39, 0.29) is 18.0 Å². The van der Waals surface area contributed by atoms with Gasteiger partial charge in [-0.1, -0.05) is 26.0 Å². The van der Waals surface area contributed by atoms with Crippen molar-refractivity contribution in [1.82, 2.24) is 10.6 Å². The van der Waals surface area contributed by atoms with Gasteiger partial charge in [-0.05, 0) is 30.5 Å². The number of carbonyl (C=O) groups is 1. The van der Waals surface area contributed by atoms with Crippen molar-refractivity contribution in [3.63, 3.8) is 0 Å². The van der Waals surface area contributed by atoms with Crippen molar-refractivity contribution in [3.05, 3.63) is 29.8 Å². The van der Waals surface area contributed by atoms with E-state index in [1.807, 2.05) is 31.2 Å². The number of carbonyl (C=O) groups excluding carboxylic acids is 1. The van der Waals surface area contributed by atoms with Crippen molar-refractivity contribution < 1.29 is 9.53 Å². The highest BCUT2D eigenvalue weighted by molar-refractivity contribution is 7.99. The van der Waals surface area contributed by atoms with Gasteiger partial charge >= 0.3 is 0 Å². The summed E-state index contributed by atoms with van der Waals surface area (Å²) < 4.78 is 5.66. The maximum atomic E-state index is 12.1. The van der Waals surface area contributed by atoms with E-state index in [0.29, 0.717) is 5.92 Å². The SMILES string of the molecule is CC(C)COc1ccc([C@@H](C)NC(=O)[C@H]2CSCN2)cc1. The van der Waals surface area contributed by atoms with Crippen LogP contribution in [0, 0.1) is 5.92 Å². The maximum absolute atomic E-state index is 12.1. The molecule has 1 saturated heterocycles. The molecular formula is C16H24N2O2S. The second-order valence-corrected chi connectivity index (χ2v) is 6.81. The molecule has 2 rings (SSSR count). The van der Waals surface area contributed by atoms with E-state index in [0.717, 1.165) is 29.5 Å². The lowest BCUT2D eigenvalue weighted by Gasteiger charge is -2.18. The lowest BCUT2D eigenvalue weighted by Crippen LogP contribution is -2.42. The minimum atomic E-state index is -0.0638. The molecule has 0 saturated carbocycles. The Morgan fingerprint density at radius 3 is 2.67 bits per heavy atom. The van der Waals surface area contributed by atoms with Gasteiger partial charge in [0.05, 0.1) is 18.7 Å². The third kappa shape index (κ3) is 4.93. The minimum absolute atomic E-state index is 0.00375. The third-order valence-corrected chi connectivity index (χ3v) is 4.29. The van der Waals surface area contributed by atoms with Gasteiger partial charge in [-0.15, -0.1) is 11.8 Å². The van der Waals surface area contributed by atoms with Gasteiger partial charge in [0.25, 0.3) is 0 Å². The second kappa shape index (κ2) is 7.71. The molecule has 0 aromatic heterocycles. The van der Waals surface area contributed by atoms with Crippen LogP contribution in [0.1, 0.15) is 32.4 Å². The molecule has 4 nitrogen and oxygen atoms in total. The summed E-state index contributed by atoms with van der Waals surface area (Å²) in [5.74, 6) is 3.17. The van der Waals surface area contributed by atoms with Crippen molar-refractivity contribution in [2.75, 3.05) is 18.2 Å². The van der Waals surface area contributed by atoms with Crippen LogP contribution in [-0.4, -0.2) is 30.2 Å². The predicted molar refractivity (Wildman–Crippen MR) is 87.6 cm³/mol. The molecule has 1 amide bonds. The lowest BCUT2D eigenvalue weighted by atomic mass is 10.1. The molecule has 0 radical (unpaired) electrons. The fraction of sp³-hybridized carbons (Fsp3) is 0.562. The van der Waals surface area contributed by atoms with Crippen molar-refractivity contribution in [3.8, 4) is 5.75 Å². The highest BCUT2D eigenvalue weighted by atomic mass is 32.2. The number of ether oxygens (including phenoxy) is 1. The van der Waals surface area contributed by atoms with Gasteiger partial charge in [0, 0.05) is 11.6 Å². The van der Waals surface area contributed by atoms with E-state index in [9.17, 15) is 4.79 Å². The van der Waals surface area contributed by atoms with Crippen LogP contribution in [0.4, 0.5) is 0 Å². The van der Waals surface area contributed by atoms with Gasteiger partial charge in [-0.3, -0.25) is 10.1 Å². The van der Waals surface area contributed by atoms with E-state index < -0.39 is 0 Å². The number of rotatable bonds is 6. The Labute approximate surface area is 131 Å². The van der Waals surface area contributed by atoms with Crippen LogP contribution < -0.4 is 15.4 Å². The average Bonchev–Trinajstić information content (AvgIpc) is 3.00. The van der Waals surface area contributed by atoms with Gasteiger partial charge < -0.3 is 10.1 Å². The molecule has 1 heterocycles. The smallest absolute Gasteiger partial charge is 0.238 e. The second-order valence-electron chi connectivity index (χ2n) is 5.78. The molecule has 0 bridgehead atoms. The molecule has 2 atom stereocenters. The van der Waals surface area contributed by atoms with Crippen molar-refractivity contribution >= 4 is 17.7 Å². The summed E-state index contributed by atoms with van der Waals surface area (Å²) >= 11 is 1.75. The van der Waals surface area contributed by atoms with E-state index in [4.69, 9.17) is 4.74 Å². The molecule has 5 heteroatoms. The summed E-state index contributed by atoms with van der Waals surface area (Å²) in [6.07, 6.45) is 0. The van der Waals surface area contributed by atoms with Crippen molar-refractivity contribution in [2.45, 2.75) is 32.9 Å². The summed E-state index contributed by atoms with van der Waals surface area (Å²) in [6.45, 7) is 6.98. The number of nitrogens with one attached hydrogen (secondary N) is 2. The molecule has 21 heavy (non-hydrogen) atoms. The first-order chi connectivity index (χ1) is 10.1. The van der Waals surface area contributed by atoms with E-state index in [2.05, 4.69) is 24.5 Å². The number of amides is 1. The van der Waals surface area contributed by atoms with Gasteiger partial charge in [0.15, 0.2) is 0 Å². The van der Waals surface area contributed by atoms with Crippen LogP contribution in [0.5, 0.6) is 5.75 Å². The first-order valence-corrected chi connectivity index (χ1v) is 8.56. The molecule has 0 unspecified atom stereocenters. The summed E-state index contributed by atoms with van der Waals surface area (Å²) in [7, 11) is 0. The molecule has 0 spiro atoms. The molecule has 1 aliphatic heterocycles. The summed E-state index contributed by atoms with van der Waals surface area (Å²) in [5.41, 5.74) is 1.09. The van der Waals surface area contributed by atoms with Crippen LogP contribution >= 0.6 is 11.8 Å². The molecule has 1 aromatic carbocycles. The Hall–Kier alpha value is -1.20. The van der Waals surface area contributed by atoms with Gasteiger partial charge in [0.2, 0.25) is 5.91 Å². The fourth-order valence-corrected chi connectivity index (χ4v) is 3.02. The molecule has 2 N–H and O–H groups in total. The minimum Gasteiger partial charge on any atom is -0.493 e. The normalized spacial score (nSPS) is 19.5. The van der Waals surface area contributed by atoms with Crippen LogP contribution in [0.3, 0.4) is 0 Å². The number of hydrogen-bond acceptors (Lipinski definition) is 4.